The van der Waals surface area contributed by atoms with Crippen LogP contribution in [0.2, 0.25) is 0 Å². The van der Waals surface area contributed by atoms with Crippen LogP contribution < -0.4 is 11.1 Å². The van der Waals surface area contributed by atoms with Crippen molar-refractivity contribution in [1.82, 2.24) is 18.8 Å². The molecule has 0 atom stereocenters. The maximum absolute atomic E-state index is 14.1. The summed E-state index contributed by atoms with van der Waals surface area (Å²) in [4.78, 5) is 65.8. The van der Waals surface area contributed by atoms with Crippen molar-refractivity contribution in [2.75, 3.05) is 0 Å². The van der Waals surface area contributed by atoms with Gasteiger partial charge in [0, 0.05) is 67.8 Å². The Hall–Kier alpha value is -4.28. The summed E-state index contributed by atoms with van der Waals surface area (Å²) in [6.45, 7) is 4.04. The van der Waals surface area contributed by atoms with E-state index in [4.69, 9.17) is 9.97 Å². The van der Waals surface area contributed by atoms with Gasteiger partial charge >= 0.3 is 0 Å². The number of pyridine rings is 2. The molecule has 6 heterocycles. The highest BCUT2D eigenvalue weighted by atomic mass is 32.1. The Balaban J connectivity index is 1.23. The molecule has 0 spiro atoms. The van der Waals surface area contributed by atoms with Gasteiger partial charge in [-0.3, -0.25) is 28.0 Å². The van der Waals surface area contributed by atoms with Crippen LogP contribution in [0.1, 0.15) is 75.0 Å². The van der Waals surface area contributed by atoms with E-state index < -0.39 is 0 Å². The lowest BCUT2D eigenvalue weighted by Gasteiger charge is -2.12. The summed E-state index contributed by atoms with van der Waals surface area (Å²) in [5, 5.41) is 4.27. The van der Waals surface area contributed by atoms with Gasteiger partial charge < -0.3 is 0 Å². The molecule has 8 aromatic rings. The average molecular weight is 649 g/mol. The Morgan fingerprint density at radius 2 is 1.04 bits per heavy atom. The molecule has 0 unspecified atom stereocenters. The first-order chi connectivity index (χ1) is 22.4. The second-order valence-corrected chi connectivity index (χ2v) is 14.5. The second kappa shape index (κ2) is 11.2. The van der Waals surface area contributed by atoms with Crippen LogP contribution >= 0.6 is 22.7 Å². The number of imidazole rings is 2. The third-order valence-electron chi connectivity index (χ3n) is 9.13. The fourth-order valence-electron chi connectivity index (χ4n) is 7.05. The molecule has 0 aliphatic carbocycles. The molecule has 232 valence electrons. The highest BCUT2D eigenvalue weighted by molar-refractivity contribution is 7.19. The molecule has 2 aromatic carbocycles. The number of aromatic nitrogens is 4. The van der Waals surface area contributed by atoms with E-state index in [1.165, 1.54) is 0 Å². The van der Waals surface area contributed by atoms with Crippen LogP contribution in [0.5, 0.6) is 0 Å². The number of Topliss-reactive ketones (excluding diaryl/α,β-unsaturated/α-hetero) is 2. The molecule has 0 N–H and O–H groups in total. The van der Waals surface area contributed by atoms with Crippen LogP contribution in [-0.4, -0.2) is 30.3 Å². The Morgan fingerprint density at radius 3 is 1.46 bits per heavy atom. The highest BCUT2D eigenvalue weighted by Gasteiger charge is 2.23. The molecule has 0 fully saturated rings. The Kier molecular flexibility index (Phi) is 7.10. The molecule has 0 amide bonds. The van der Waals surface area contributed by atoms with Crippen molar-refractivity contribution in [3.8, 4) is 0 Å². The molecular weight excluding hydrogens is 617 g/mol. The number of aryl methyl sites for hydroxylation is 2. The van der Waals surface area contributed by atoms with Crippen molar-refractivity contribution in [1.29, 1.82) is 0 Å². The zero-order chi connectivity index (χ0) is 31.7. The van der Waals surface area contributed by atoms with Gasteiger partial charge in [0.15, 0.2) is 0 Å². The predicted octanol–water partition coefficient (Wildman–Crippen LogP) is 7.85. The molecule has 0 aliphatic heterocycles. The molecule has 8 nitrogen and oxygen atoms in total. The number of carbonyl (C=O) groups excluding carboxylic acids is 2. The van der Waals surface area contributed by atoms with Gasteiger partial charge in [-0.05, 0) is 74.9 Å². The van der Waals surface area contributed by atoms with Gasteiger partial charge in [0.1, 0.15) is 32.5 Å². The molecule has 0 saturated carbocycles. The van der Waals surface area contributed by atoms with E-state index in [0.717, 1.165) is 90.5 Å². The minimum atomic E-state index is -0.152. The first-order valence-electron chi connectivity index (χ1n) is 16.1. The molecule has 0 radical (unpaired) electrons. The van der Waals surface area contributed by atoms with Crippen LogP contribution in [-0.2, 0) is 22.4 Å². The van der Waals surface area contributed by atoms with E-state index >= 15 is 0 Å². The van der Waals surface area contributed by atoms with Crippen molar-refractivity contribution in [2.45, 2.75) is 78.1 Å². The molecule has 6 aromatic heterocycles. The Morgan fingerprint density at radius 1 is 0.630 bits per heavy atom. The number of rotatable bonds is 12. The quantitative estimate of drug-likeness (QED) is 0.125. The van der Waals surface area contributed by atoms with Crippen molar-refractivity contribution in [3.05, 3.63) is 66.9 Å². The van der Waals surface area contributed by atoms with Crippen LogP contribution in [0, 0.1) is 0 Å². The van der Waals surface area contributed by atoms with Gasteiger partial charge in [0.2, 0.25) is 0 Å². The number of hydrogen-bond acceptors (Lipinski definition) is 8. The lowest BCUT2D eigenvalue weighted by atomic mass is 9.96. The van der Waals surface area contributed by atoms with Gasteiger partial charge in [-0.15, -0.1) is 22.7 Å². The van der Waals surface area contributed by atoms with Crippen LogP contribution in [0.3, 0.4) is 0 Å². The lowest BCUT2D eigenvalue weighted by molar-refractivity contribution is -0.120. The summed E-state index contributed by atoms with van der Waals surface area (Å²) >= 11 is 3.15. The lowest BCUT2D eigenvalue weighted by Crippen LogP contribution is -2.16. The SMILES string of the molecule is CCCC(=O)CCCc1cc2c(nc3c4ccc5c6c(ccc(c(=O)n23)c46)c(=O)n2c3cc(CCCC(=O)CCC)sc3nc52)s1. The van der Waals surface area contributed by atoms with Gasteiger partial charge in [0.25, 0.3) is 11.1 Å². The Bertz CT molecular complexity index is 2430. The third kappa shape index (κ3) is 4.45. The minimum absolute atomic E-state index is 0.152. The summed E-state index contributed by atoms with van der Waals surface area (Å²) in [5.41, 5.74) is 2.46. The van der Waals surface area contributed by atoms with Gasteiger partial charge in [-0.2, -0.15) is 0 Å². The predicted molar refractivity (Wildman–Crippen MR) is 188 cm³/mol. The zero-order valence-electron chi connectivity index (χ0n) is 25.8. The molecule has 0 aliphatic rings. The standard InChI is InChI=1S/C36H32N4O4S2/c1-3-7-19(41)9-5-11-21-17-27-33(45-21)37-31-23-13-14-24-30-26(16-15-25(29(23)30)35(43)39(27)31)36(44)40-28-18-22(46-34(28)38-32(24)40)12-6-10-20(42)8-4-2/h13-18H,3-12H2,1-2H3. The van der Waals surface area contributed by atoms with Gasteiger partial charge in [-0.25, -0.2) is 9.97 Å². The number of ketones is 2. The number of nitrogens with zero attached hydrogens (tertiary/aromatic N) is 4. The van der Waals surface area contributed by atoms with Crippen LogP contribution in [0.4, 0.5) is 0 Å². The summed E-state index contributed by atoms with van der Waals surface area (Å²) in [6.07, 6.45) is 7.30. The van der Waals surface area contributed by atoms with Crippen molar-refractivity contribution < 1.29 is 9.59 Å². The molecule has 46 heavy (non-hydrogen) atoms. The normalized spacial score (nSPS) is 12.5. The smallest absolute Gasteiger partial charge is 0.264 e. The molecule has 0 saturated heterocycles. The molecule has 8 rings (SSSR count). The maximum atomic E-state index is 14.1. The van der Waals surface area contributed by atoms with Gasteiger partial charge in [-0.1, -0.05) is 13.8 Å². The number of hydrogen-bond donors (Lipinski definition) is 0. The maximum Gasteiger partial charge on any atom is 0.264 e. The fraction of sp³-hybridized carbons (Fsp3) is 0.333. The summed E-state index contributed by atoms with van der Waals surface area (Å²) in [6, 6.07) is 11.6. The molecule has 10 heteroatoms. The van der Waals surface area contributed by atoms with E-state index in [9.17, 15) is 19.2 Å². The largest absolute Gasteiger partial charge is 0.300 e. The topological polar surface area (TPSA) is 103 Å². The van der Waals surface area contributed by atoms with E-state index in [2.05, 4.69) is 0 Å². The second-order valence-electron chi connectivity index (χ2n) is 12.3. The zero-order valence-corrected chi connectivity index (χ0v) is 27.4. The monoisotopic (exact) mass is 648 g/mol. The highest BCUT2D eigenvalue weighted by Crippen LogP contribution is 2.38. The summed E-state index contributed by atoms with van der Waals surface area (Å²) in [7, 11) is 0. The number of thiophene rings is 2. The minimum Gasteiger partial charge on any atom is -0.300 e. The molecule has 0 bridgehead atoms. The Labute approximate surface area is 271 Å². The number of carbonyl (C=O) groups is 2. The summed E-state index contributed by atoms with van der Waals surface area (Å²) < 4.78 is 3.41. The van der Waals surface area contributed by atoms with Crippen molar-refractivity contribution in [3.63, 3.8) is 0 Å². The van der Waals surface area contributed by atoms with Crippen LogP contribution in [0.25, 0.3) is 64.3 Å². The van der Waals surface area contributed by atoms with Gasteiger partial charge in [0.05, 0.1) is 11.0 Å². The summed E-state index contributed by atoms with van der Waals surface area (Å²) in [5.74, 6) is 0.597. The van der Waals surface area contributed by atoms with Crippen molar-refractivity contribution in [2.24, 2.45) is 0 Å². The average Bonchev–Trinajstić information content (AvgIpc) is 3.78. The number of benzene rings is 2. The first-order valence-corrected chi connectivity index (χ1v) is 17.8. The van der Waals surface area contributed by atoms with E-state index in [1.807, 2.05) is 38.1 Å². The van der Waals surface area contributed by atoms with Crippen molar-refractivity contribution >= 4 is 98.5 Å². The van der Waals surface area contributed by atoms with E-state index in [0.29, 0.717) is 59.3 Å². The third-order valence-corrected chi connectivity index (χ3v) is 11.3. The van der Waals surface area contributed by atoms with E-state index in [-0.39, 0.29) is 11.1 Å². The first kappa shape index (κ1) is 29.1. The fourth-order valence-corrected chi connectivity index (χ4v) is 9.16. The van der Waals surface area contributed by atoms with E-state index in [1.54, 1.807) is 43.6 Å². The number of fused-ring (bicyclic) bond motifs is 8. The van der Waals surface area contributed by atoms with Crippen LogP contribution in [0.15, 0.2) is 46.0 Å². The molecular formula is C36H32N4O4S2.